The molecule has 0 radical (unpaired) electrons. The standard InChI is InChI=1S/C11H11BrN2O2S/c1-7-13-8(6-17-7)5-14(2)11(15)9-3-4-10(12)16-9/h3-4,6H,5H2,1-2H3. The monoisotopic (exact) mass is 314 g/mol. The van der Waals surface area contributed by atoms with Crippen molar-refractivity contribution in [1.82, 2.24) is 9.88 Å². The highest BCUT2D eigenvalue weighted by Gasteiger charge is 2.16. The maximum atomic E-state index is 12.0. The highest BCUT2D eigenvalue weighted by molar-refractivity contribution is 9.10. The summed E-state index contributed by atoms with van der Waals surface area (Å²) in [5, 5.41) is 2.96. The van der Waals surface area contributed by atoms with Gasteiger partial charge in [0.05, 0.1) is 17.2 Å². The minimum absolute atomic E-state index is 0.152. The molecule has 17 heavy (non-hydrogen) atoms. The molecule has 0 spiro atoms. The van der Waals surface area contributed by atoms with E-state index < -0.39 is 0 Å². The van der Waals surface area contributed by atoms with Gasteiger partial charge in [0.2, 0.25) is 0 Å². The van der Waals surface area contributed by atoms with Crippen molar-refractivity contribution in [2.75, 3.05) is 7.05 Å². The van der Waals surface area contributed by atoms with Crippen molar-refractivity contribution in [3.8, 4) is 0 Å². The first-order chi connectivity index (χ1) is 8.06. The normalized spacial score (nSPS) is 10.5. The summed E-state index contributed by atoms with van der Waals surface area (Å²) in [7, 11) is 1.73. The molecule has 0 aliphatic rings. The number of carbonyl (C=O) groups excluding carboxylic acids is 1. The Bertz CT molecular complexity index is 535. The van der Waals surface area contributed by atoms with Crippen molar-refractivity contribution >= 4 is 33.2 Å². The van der Waals surface area contributed by atoms with Crippen LogP contribution in [0.4, 0.5) is 0 Å². The molecule has 0 aromatic carbocycles. The third-order valence-corrected chi connectivity index (χ3v) is 3.44. The van der Waals surface area contributed by atoms with E-state index in [1.54, 1.807) is 35.4 Å². The second-order valence-electron chi connectivity index (χ2n) is 3.62. The molecule has 2 aromatic rings. The van der Waals surface area contributed by atoms with Crippen LogP contribution >= 0.6 is 27.3 Å². The predicted molar refractivity (Wildman–Crippen MR) is 69.1 cm³/mol. The van der Waals surface area contributed by atoms with Gasteiger partial charge >= 0.3 is 0 Å². The molecular formula is C11H11BrN2O2S. The number of aromatic nitrogens is 1. The average molecular weight is 315 g/mol. The first kappa shape index (κ1) is 12.3. The average Bonchev–Trinajstić information content (AvgIpc) is 2.87. The first-order valence-electron chi connectivity index (χ1n) is 4.98. The van der Waals surface area contributed by atoms with E-state index in [9.17, 15) is 4.79 Å². The molecule has 0 unspecified atom stereocenters. The van der Waals surface area contributed by atoms with E-state index in [-0.39, 0.29) is 5.91 Å². The van der Waals surface area contributed by atoms with Crippen LogP contribution < -0.4 is 0 Å². The zero-order valence-corrected chi connectivity index (χ0v) is 11.8. The Morgan fingerprint density at radius 1 is 1.59 bits per heavy atom. The Balaban J connectivity index is 2.05. The largest absolute Gasteiger partial charge is 0.444 e. The molecular weight excluding hydrogens is 304 g/mol. The molecule has 90 valence electrons. The minimum Gasteiger partial charge on any atom is -0.444 e. The SMILES string of the molecule is Cc1nc(CN(C)C(=O)c2ccc(Br)o2)cs1. The Morgan fingerprint density at radius 2 is 2.35 bits per heavy atom. The van der Waals surface area contributed by atoms with Crippen LogP contribution in [0.25, 0.3) is 0 Å². The summed E-state index contributed by atoms with van der Waals surface area (Å²) in [6.07, 6.45) is 0. The lowest BCUT2D eigenvalue weighted by molar-refractivity contribution is 0.0750. The molecule has 0 fully saturated rings. The molecule has 4 nitrogen and oxygen atoms in total. The minimum atomic E-state index is -0.152. The summed E-state index contributed by atoms with van der Waals surface area (Å²) in [6.45, 7) is 2.43. The van der Waals surface area contributed by atoms with E-state index in [4.69, 9.17) is 4.42 Å². The lowest BCUT2D eigenvalue weighted by atomic mass is 10.3. The summed E-state index contributed by atoms with van der Waals surface area (Å²) >= 11 is 4.75. The lowest BCUT2D eigenvalue weighted by Gasteiger charge is -2.13. The molecule has 2 rings (SSSR count). The Labute approximate surface area is 111 Å². The summed E-state index contributed by atoms with van der Waals surface area (Å²) in [5.41, 5.74) is 0.897. The van der Waals surface area contributed by atoms with Gasteiger partial charge in [0, 0.05) is 12.4 Å². The molecule has 1 amide bonds. The zero-order chi connectivity index (χ0) is 12.4. The summed E-state index contributed by atoms with van der Waals surface area (Å²) in [6, 6.07) is 3.35. The highest BCUT2D eigenvalue weighted by Crippen LogP contribution is 2.16. The van der Waals surface area contributed by atoms with Gasteiger partial charge in [-0.2, -0.15) is 0 Å². The summed E-state index contributed by atoms with van der Waals surface area (Å²) in [4.78, 5) is 17.9. The number of rotatable bonds is 3. The van der Waals surface area contributed by atoms with Gasteiger partial charge in [-0.3, -0.25) is 4.79 Å². The van der Waals surface area contributed by atoms with E-state index in [2.05, 4.69) is 20.9 Å². The second kappa shape index (κ2) is 5.01. The van der Waals surface area contributed by atoms with Crippen LogP contribution in [0.5, 0.6) is 0 Å². The molecule has 0 saturated carbocycles. The highest BCUT2D eigenvalue weighted by atomic mass is 79.9. The van der Waals surface area contributed by atoms with Crippen LogP contribution in [-0.2, 0) is 6.54 Å². The molecule has 0 aliphatic heterocycles. The van der Waals surface area contributed by atoms with Gasteiger partial charge < -0.3 is 9.32 Å². The molecule has 0 bridgehead atoms. The van der Waals surface area contributed by atoms with E-state index in [0.717, 1.165) is 10.7 Å². The van der Waals surface area contributed by atoms with E-state index in [1.807, 2.05) is 12.3 Å². The molecule has 6 heteroatoms. The van der Waals surface area contributed by atoms with Crippen LogP contribution in [0.1, 0.15) is 21.3 Å². The van der Waals surface area contributed by atoms with Crippen molar-refractivity contribution in [2.24, 2.45) is 0 Å². The Kier molecular flexibility index (Phi) is 3.63. The first-order valence-corrected chi connectivity index (χ1v) is 6.65. The number of hydrogen-bond donors (Lipinski definition) is 0. The van der Waals surface area contributed by atoms with Crippen LogP contribution in [0.15, 0.2) is 26.6 Å². The van der Waals surface area contributed by atoms with E-state index in [1.165, 1.54) is 0 Å². The molecule has 2 aromatic heterocycles. The van der Waals surface area contributed by atoms with E-state index in [0.29, 0.717) is 17.0 Å². The maximum Gasteiger partial charge on any atom is 0.289 e. The number of amides is 1. The predicted octanol–water partition coefficient (Wildman–Crippen LogP) is 3.08. The van der Waals surface area contributed by atoms with Gasteiger partial charge in [-0.05, 0) is 35.0 Å². The topological polar surface area (TPSA) is 46.3 Å². The Hall–Kier alpha value is -1.14. The van der Waals surface area contributed by atoms with Crippen molar-refractivity contribution < 1.29 is 9.21 Å². The number of furan rings is 1. The quantitative estimate of drug-likeness (QED) is 0.874. The molecule has 0 saturated heterocycles. The molecule has 0 aliphatic carbocycles. The third kappa shape index (κ3) is 2.95. The number of nitrogens with zero attached hydrogens (tertiary/aromatic N) is 2. The maximum absolute atomic E-state index is 12.0. The molecule has 0 N–H and O–H groups in total. The van der Waals surface area contributed by atoms with Crippen LogP contribution in [-0.4, -0.2) is 22.8 Å². The second-order valence-corrected chi connectivity index (χ2v) is 5.47. The third-order valence-electron chi connectivity index (χ3n) is 2.20. The van der Waals surface area contributed by atoms with Gasteiger partial charge in [0.25, 0.3) is 5.91 Å². The van der Waals surface area contributed by atoms with Crippen LogP contribution in [0.2, 0.25) is 0 Å². The number of halogens is 1. The number of thiazole rings is 1. The number of aryl methyl sites for hydroxylation is 1. The number of hydrogen-bond acceptors (Lipinski definition) is 4. The molecule has 0 atom stereocenters. The zero-order valence-electron chi connectivity index (χ0n) is 9.44. The van der Waals surface area contributed by atoms with Crippen molar-refractivity contribution in [1.29, 1.82) is 0 Å². The Morgan fingerprint density at radius 3 is 2.88 bits per heavy atom. The van der Waals surface area contributed by atoms with Crippen LogP contribution in [0, 0.1) is 6.92 Å². The summed E-state index contributed by atoms with van der Waals surface area (Å²) in [5.74, 6) is 0.174. The van der Waals surface area contributed by atoms with E-state index >= 15 is 0 Å². The van der Waals surface area contributed by atoms with Crippen molar-refractivity contribution in [2.45, 2.75) is 13.5 Å². The van der Waals surface area contributed by atoms with Gasteiger partial charge in [-0.1, -0.05) is 0 Å². The van der Waals surface area contributed by atoms with Crippen molar-refractivity contribution in [3.63, 3.8) is 0 Å². The summed E-state index contributed by atoms with van der Waals surface area (Å²) < 4.78 is 5.77. The fourth-order valence-electron chi connectivity index (χ4n) is 1.41. The fraction of sp³-hybridized carbons (Fsp3) is 0.273. The number of carbonyl (C=O) groups is 1. The van der Waals surface area contributed by atoms with Gasteiger partial charge in [0.15, 0.2) is 10.4 Å². The van der Waals surface area contributed by atoms with Gasteiger partial charge in [0.1, 0.15) is 0 Å². The van der Waals surface area contributed by atoms with Crippen molar-refractivity contribution in [3.05, 3.63) is 38.6 Å². The van der Waals surface area contributed by atoms with Gasteiger partial charge in [-0.25, -0.2) is 4.98 Å². The fourth-order valence-corrected chi connectivity index (χ4v) is 2.32. The van der Waals surface area contributed by atoms with Gasteiger partial charge in [-0.15, -0.1) is 11.3 Å². The molecule has 2 heterocycles. The van der Waals surface area contributed by atoms with Crippen LogP contribution in [0.3, 0.4) is 0 Å². The lowest BCUT2D eigenvalue weighted by Crippen LogP contribution is -2.25. The smallest absolute Gasteiger partial charge is 0.289 e.